The molecule has 2 atom stereocenters. The molecule has 2 aliphatic rings. The Hall–Kier alpha value is -1.81. The number of benzene rings is 1. The molecule has 3 rings (SSSR count). The predicted molar refractivity (Wildman–Crippen MR) is 83.1 cm³/mol. The smallest absolute Gasteiger partial charge is 0.246 e. The fraction of sp³-hybridized carbons (Fsp3) is 0.471. The minimum Gasteiger partial charge on any atom is -0.496 e. The molecule has 1 amide bonds. The molecule has 1 aromatic rings. The zero-order valence-electron chi connectivity index (χ0n) is 12.4. The molecule has 21 heavy (non-hydrogen) atoms. The molecule has 0 radical (unpaired) electrons. The van der Waals surface area contributed by atoms with Gasteiger partial charge in [0.25, 0.3) is 0 Å². The van der Waals surface area contributed by atoms with Gasteiger partial charge in [0.1, 0.15) is 5.75 Å². The summed E-state index contributed by atoms with van der Waals surface area (Å²) in [6, 6.07) is 7.74. The lowest BCUT2D eigenvalue weighted by Gasteiger charge is -2.41. The van der Waals surface area contributed by atoms with Gasteiger partial charge in [-0.05, 0) is 43.5 Å². The molecule has 4 nitrogen and oxygen atoms in total. The quantitative estimate of drug-likeness (QED) is 0.861. The monoisotopic (exact) mass is 286 g/mol. The number of nitrogens with one attached hydrogen (secondary N) is 1. The lowest BCUT2D eigenvalue weighted by Crippen LogP contribution is -2.52. The first-order chi connectivity index (χ1) is 10.3. The van der Waals surface area contributed by atoms with Crippen LogP contribution in [0.5, 0.6) is 5.75 Å². The maximum absolute atomic E-state index is 12.4. The summed E-state index contributed by atoms with van der Waals surface area (Å²) in [4.78, 5) is 14.4. The lowest BCUT2D eigenvalue weighted by atomic mass is 9.86. The Kier molecular flexibility index (Phi) is 4.25. The first-order valence-electron chi connectivity index (χ1n) is 7.57. The van der Waals surface area contributed by atoms with Gasteiger partial charge in [-0.25, -0.2) is 0 Å². The highest BCUT2D eigenvalue weighted by molar-refractivity contribution is 5.92. The molecule has 0 unspecified atom stereocenters. The number of rotatable bonds is 3. The molecule has 2 bridgehead atoms. The maximum Gasteiger partial charge on any atom is 0.246 e. The number of carbonyl (C=O) groups is 1. The highest BCUT2D eigenvalue weighted by Gasteiger charge is 2.31. The van der Waals surface area contributed by atoms with E-state index in [1.807, 2.05) is 35.2 Å². The van der Waals surface area contributed by atoms with Gasteiger partial charge < -0.3 is 15.0 Å². The van der Waals surface area contributed by atoms with Gasteiger partial charge in [0.15, 0.2) is 0 Å². The van der Waals surface area contributed by atoms with Crippen LogP contribution in [0.4, 0.5) is 0 Å². The Labute approximate surface area is 125 Å². The van der Waals surface area contributed by atoms with Crippen molar-refractivity contribution in [3.8, 4) is 5.75 Å². The van der Waals surface area contributed by atoms with Crippen LogP contribution in [0.1, 0.15) is 12.0 Å². The van der Waals surface area contributed by atoms with E-state index in [2.05, 4.69) is 5.32 Å². The van der Waals surface area contributed by atoms with Gasteiger partial charge in [-0.15, -0.1) is 0 Å². The Morgan fingerprint density at radius 3 is 2.71 bits per heavy atom. The second-order valence-corrected chi connectivity index (χ2v) is 5.94. The van der Waals surface area contributed by atoms with E-state index in [-0.39, 0.29) is 5.91 Å². The number of piperidine rings is 2. The van der Waals surface area contributed by atoms with Crippen molar-refractivity contribution in [2.45, 2.75) is 6.42 Å². The summed E-state index contributed by atoms with van der Waals surface area (Å²) >= 11 is 0. The molecule has 2 saturated heterocycles. The van der Waals surface area contributed by atoms with Gasteiger partial charge in [0.05, 0.1) is 7.11 Å². The van der Waals surface area contributed by atoms with Crippen LogP contribution in [-0.2, 0) is 4.79 Å². The topological polar surface area (TPSA) is 41.6 Å². The summed E-state index contributed by atoms with van der Waals surface area (Å²) in [7, 11) is 1.65. The first-order valence-corrected chi connectivity index (χ1v) is 7.57. The van der Waals surface area contributed by atoms with Crippen molar-refractivity contribution < 1.29 is 9.53 Å². The number of hydrogen-bond acceptors (Lipinski definition) is 3. The number of methoxy groups -OCH3 is 1. The van der Waals surface area contributed by atoms with Crippen LogP contribution in [0.2, 0.25) is 0 Å². The van der Waals surface area contributed by atoms with E-state index in [0.29, 0.717) is 11.8 Å². The van der Waals surface area contributed by atoms with Crippen LogP contribution in [0.25, 0.3) is 6.08 Å². The molecule has 112 valence electrons. The highest BCUT2D eigenvalue weighted by atomic mass is 16.5. The van der Waals surface area contributed by atoms with Crippen molar-refractivity contribution in [1.29, 1.82) is 0 Å². The second-order valence-electron chi connectivity index (χ2n) is 5.94. The Balaban J connectivity index is 1.67. The standard InChI is InChI=1S/C17H22N2O2/c1-21-16-5-3-2-4-15(16)6-7-17(20)19-11-13-8-14(12-19)10-18-9-13/h2-7,13-14,18H,8-12H2,1H3/b7-6+/t13-,14+. The number of ether oxygens (including phenoxy) is 1. The van der Waals surface area contributed by atoms with E-state index in [0.717, 1.165) is 37.5 Å². The minimum absolute atomic E-state index is 0.109. The van der Waals surface area contributed by atoms with E-state index in [1.165, 1.54) is 6.42 Å². The molecule has 2 fully saturated rings. The predicted octanol–water partition coefficient (Wildman–Crippen LogP) is 1.78. The summed E-state index contributed by atoms with van der Waals surface area (Å²) in [5.41, 5.74) is 0.937. The summed E-state index contributed by atoms with van der Waals surface area (Å²) < 4.78 is 5.30. The van der Waals surface area contributed by atoms with Crippen LogP contribution < -0.4 is 10.1 Å². The first kappa shape index (κ1) is 14.1. The number of para-hydroxylation sites is 1. The van der Waals surface area contributed by atoms with Crippen molar-refractivity contribution in [2.75, 3.05) is 33.3 Å². The van der Waals surface area contributed by atoms with Crippen molar-refractivity contribution in [1.82, 2.24) is 10.2 Å². The van der Waals surface area contributed by atoms with Gasteiger partial charge in [-0.2, -0.15) is 0 Å². The van der Waals surface area contributed by atoms with E-state index < -0.39 is 0 Å². The van der Waals surface area contributed by atoms with Crippen molar-refractivity contribution in [3.63, 3.8) is 0 Å². The van der Waals surface area contributed by atoms with Gasteiger partial charge in [0, 0.05) is 24.7 Å². The van der Waals surface area contributed by atoms with E-state index in [4.69, 9.17) is 4.74 Å². The fourth-order valence-electron chi connectivity index (χ4n) is 3.36. The summed E-state index contributed by atoms with van der Waals surface area (Å²) in [6.45, 7) is 3.82. The molecule has 4 heteroatoms. The van der Waals surface area contributed by atoms with Crippen LogP contribution in [-0.4, -0.2) is 44.1 Å². The molecule has 2 aliphatic heterocycles. The zero-order chi connectivity index (χ0) is 14.7. The average Bonchev–Trinajstić information content (AvgIpc) is 2.52. The van der Waals surface area contributed by atoms with Crippen LogP contribution in [0, 0.1) is 11.8 Å². The number of likely N-dealkylation sites (tertiary alicyclic amines) is 1. The largest absolute Gasteiger partial charge is 0.496 e. The Bertz CT molecular complexity index is 529. The third-order valence-corrected chi connectivity index (χ3v) is 4.35. The van der Waals surface area contributed by atoms with Crippen molar-refractivity contribution in [2.24, 2.45) is 11.8 Å². The summed E-state index contributed by atoms with van der Waals surface area (Å²) in [6.07, 6.45) is 4.78. The molecular formula is C17H22N2O2. The lowest BCUT2D eigenvalue weighted by molar-refractivity contribution is -0.129. The van der Waals surface area contributed by atoms with E-state index >= 15 is 0 Å². The molecule has 0 aromatic heterocycles. The third-order valence-electron chi connectivity index (χ3n) is 4.35. The summed E-state index contributed by atoms with van der Waals surface area (Å²) in [5, 5.41) is 3.45. The molecule has 2 heterocycles. The molecule has 1 aromatic carbocycles. The van der Waals surface area contributed by atoms with Crippen molar-refractivity contribution in [3.05, 3.63) is 35.9 Å². The van der Waals surface area contributed by atoms with Crippen LogP contribution in [0.15, 0.2) is 30.3 Å². The number of hydrogen-bond donors (Lipinski definition) is 1. The van der Waals surface area contributed by atoms with Crippen LogP contribution in [0.3, 0.4) is 0 Å². The molecule has 0 aliphatic carbocycles. The van der Waals surface area contributed by atoms with E-state index in [1.54, 1.807) is 13.2 Å². The molecule has 0 spiro atoms. The van der Waals surface area contributed by atoms with Gasteiger partial charge >= 0.3 is 0 Å². The molecule has 0 saturated carbocycles. The third kappa shape index (κ3) is 3.27. The fourth-order valence-corrected chi connectivity index (χ4v) is 3.36. The van der Waals surface area contributed by atoms with Crippen molar-refractivity contribution >= 4 is 12.0 Å². The maximum atomic E-state index is 12.4. The summed E-state index contributed by atoms with van der Waals surface area (Å²) in [5.74, 6) is 2.13. The van der Waals surface area contributed by atoms with Gasteiger partial charge in [0.2, 0.25) is 5.91 Å². The number of nitrogens with zero attached hydrogens (tertiary/aromatic N) is 1. The highest BCUT2D eigenvalue weighted by Crippen LogP contribution is 2.25. The number of fused-ring (bicyclic) bond motifs is 2. The Morgan fingerprint density at radius 1 is 1.29 bits per heavy atom. The number of carbonyl (C=O) groups excluding carboxylic acids is 1. The second kappa shape index (κ2) is 6.31. The van der Waals surface area contributed by atoms with Crippen LogP contribution >= 0.6 is 0 Å². The minimum atomic E-state index is 0.109. The van der Waals surface area contributed by atoms with Gasteiger partial charge in [-0.3, -0.25) is 4.79 Å². The SMILES string of the molecule is COc1ccccc1/C=C/C(=O)N1C[C@@H]2CNC[C@@H](C2)C1. The number of amides is 1. The molecular weight excluding hydrogens is 264 g/mol. The normalized spacial score (nSPS) is 25.1. The molecule has 1 N–H and O–H groups in total. The zero-order valence-corrected chi connectivity index (χ0v) is 12.4. The van der Waals surface area contributed by atoms with E-state index in [9.17, 15) is 4.79 Å². The average molecular weight is 286 g/mol. The van der Waals surface area contributed by atoms with Gasteiger partial charge in [-0.1, -0.05) is 18.2 Å². The Morgan fingerprint density at radius 2 is 2.00 bits per heavy atom.